The Kier molecular flexibility index (Phi) is 6.03. The molecule has 0 fully saturated rings. The van der Waals surface area contributed by atoms with Crippen LogP contribution in [0.15, 0.2) is 47.1 Å². The first-order valence-corrected chi connectivity index (χ1v) is 8.68. The second-order valence-electron chi connectivity index (χ2n) is 7.68. The van der Waals surface area contributed by atoms with E-state index in [1.54, 1.807) is 0 Å². The van der Waals surface area contributed by atoms with Crippen molar-refractivity contribution in [2.45, 2.75) is 50.1 Å². The van der Waals surface area contributed by atoms with Crippen molar-refractivity contribution in [3.8, 4) is 11.8 Å². The summed E-state index contributed by atoms with van der Waals surface area (Å²) < 4.78 is 130. The van der Waals surface area contributed by atoms with Gasteiger partial charge in [0.1, 0.15) is 0 Å². The topological polar surface area (TPSA) is 37.3 Å². The van der Waals surface area contributed by atoms with Crippen LogP contribution in [0.5, 0.6) is 0 Å². The predicted octanol–water partition coefficient (Wildman–Crippen LogP) is 5.46. The van der Waals surface area contributed by atoms with Crippen LogP contribution in [0.2, 0.25) is 0 Å². The molecule has 0 unspecified atom stereocenters. The molecule has 0 aliphatic heterocycles. The largest absolute Gasteiger partial charge is 0.457 e. The Balaban J connectivity index is 2.48. The summed E-state index contributed by atoms with van der Waals surface area (Å²) >= 11 is 0. The average Bonchev–Trinajstić information content (AvgIpc) is 3.05. The van der Waals surface area contributed by atoms with E-state index >= 15 is 0 Å². The van der Waals surface area contributed by atoms with Gasteiger partial charge in [-0.1, -0.05) is 50.0 Å². The van der Waals surface area contributed by atoms with Crippen molar-refractivity contribution < 1.29 is 53.8 Å². The second-order valence-corrected chi connectivity index (χ2v) is 7.68. The van der Waals surface area contributed by atoms with E-state index in [1.165, 1.54) is 50.1 Å². The van der Waals surface area contributed by atoms with Crippen molar-refractivity contribution in [2.75, 3.05) is 0 Å². The molecule has 0 amide bonds. The van der Waals surface area contributed by atoms with Gasteiger partial charge < -0.3 is 5.11 Å². The first-order valence-electron chi connectivity index (χ1n) is 8.68. The van der Waals surface area contributed by atoms with E-state index in [0.717, 1.165) is 0 Å². The normalized spacial score (nSPS) is 17.9. The maximum Gasteiger partial charge on any atom is 0.457 e. The highest BCUT2D eigenvalue weighted by Gasteiger charge is 2.84. The van der Waals surface area contributed by atoms with Gasteiger partial charge in [-0.3, -0.25) is 4.79 Å². The number of ketones is 1. The average molecular weight is 476 g/mol. The first-order chi connectivity index (χ1) is 14.2. The fourth-order valence-electron chi connectivity index (χ4n) is 3.05. The number of carbonyl (C=O) groups excluding carboxylic acids is 1. The number of hydrogen-bond donors (Lipinski definition) is 1. The van der Waals surface area contributed by atoms with Gasteiger partial charge in [0.15, 0.2) is 5.78 Å². The van der Waals surface area contributed by atoms with Gasteiger partial charge in [0.25, 0.3) is 5.60 Å². The number of rotatable bonds is 4. The Morgan fingerprint density at radius 2 is 1.31 bits per heavy atom. The van der Waals surface area contributed by atoms with Gasteiger partial charge in [-0.25, -0.2) is 0 Å². The van der Waals surface area contributed by atoms with Gasteiger partial charge in [-0.15, -0.1) is 0 Å². The van der Waals surface area contributed by atoms with Crippen LogP contribution in [0, 0.1) is 17.3 Å². The molecule has 176 valence electrons. The Labute approximate surface area is 175 Å². The molecule has 0 spiro atoms. The van der Waals surface area contributed by atoms with Gasteiger partial charge in [0.05, 0.1) is 0 Å². The number of aliphatic hydroxyl groups is 1. The van der Waals surface area contributed by atoms with Crippen molar-refractivity contribution >= 4 is 5.78 Å². The van der Waals surface area contributed by atoms with Crippen molar-refractivity contribution in [2.24, 2.45) is 5.41 Å². The smallest absolute Gasteiger partial charge is 0.367 e. The van der Waals surface area contributed by atoms with Crippen LogP contribution in [0.3, 0.4) is 0 Å². The third kappa shape index (κ3) is 3.87. The van der Waals surface area contributed by atoms with Gasteiger partial charge in [-0.2, -0.15) is 43.9 Å². The molecule has 0 aromatic heterocycles. The van der Waals surface area contributed by atoms with Crippen molar-refractivity contribution in [3.63, 3.8) is 0 Å². The standard InChI is InChI=1S/C20H14F10O2/c1-15(2,13-8-7-12-11(13)5-3-6-14(12)31)9-4-10-16(32,17(21,22)19(25,26)27)18(23,24)20(28,29)30/h3,5-8,32H,9H2,1-2H3. The first kappa shape index (κ1) is 25.7. The highest BCUT2D eigenvalue weighted by molar-refractivity contribution is 6.11. The minimum Gasteiger partial charge on any atom is -0.367 e. The van der Waals surface area contributed by atoms with E-state index in [9.17, 15) is 53.8 Å². The summed E-state index contributed by atoms with van der Waals surface area (Å²) in [6, 6.07) is 0. The summed E-state index contributed by atoms with van der Waals surface area (Å²) in [6.45, 7) is 2.69. The minimum atomic E-state index is -6.97. The van der Waals surface area contributed by atoms with E-state index in [2.05, 4.69) is 0 Å². The molecule has 0 aromatic carbocycles. The SMILES string of the molecule is CC(C)(CC#CC(O)(C(F)(F)C(F)(F)F)C(F)(F)C(F)(F)F)C1=CC=C2C(=O)C=CC=C21. The molecule has 2 rings (SSSR count). The quantitative estimate of drug-likeness (QED) is 0.432. The third-order valence-electron chi connectivity index (χ3n) is 4.92. The van der Waals surface area contributed by atoms with Crippen molar-refractivity contribution in [1.82, 2.24) is 0 Å². The highest BCUT2D eigenvalue weighted by atomic mass is 19.4. The zero-order valence-corrected chi connectivity index (χ0v) is 16.2. The Morgan fingerprint density at radius 1 is 0.812 bits per heavy atom. The summed E-state index contributed by atoms with van der Waals surface area (Å²) in [4.78, 5) is 11.8. The molecule has 1 N–H and O–H groups in total. The molecule has 2 aliphatic carbocycles. The monoisotopic (exact) mass is 476 g/mol. The van der Waals surface area contributed by atoms with Crippen LogP contribution < -0.4 is 0 Å². The fourth-order valence-corrected chi connectivity index (χ4v) is 3.05. The maximum absolute atomic E-state index is 13.7. The Bertz CT molecular complexity index is 966. The lowest BCUT2D eigenvalue weighted by molar-refractivity contribution is -0.406. The molecule has 0 heterocycles. The molecule has 32 heavy (non-hydrogen) atoms. The van der Waals surface area contributed by atoms with Crippen LogP contribution in [0.1, 0.15) is 20.3 Å². The predicted molar refractivity (Wildman–Crippen MR) is 91.5 cm³/mol. The molecule has 0 saturated carbocycles. The Hall–Kier alpha value is -2.55. The number of carbonyl (C=O) groups is 1. The maximum atomic E-state index is 13.7. The molecule has 0 radical (unpaired) electrons. The molecule has 2 nitrogen and oxygen atoms in total. The summed E-state index contributed by atoms with van der Waals surface area (Å²) in [5.41, 5.74) is -6.53. The molecule has 0 aromatic rings. The molecule has 12 heteroatoms. The van der Waals surface area contributed by atoms with Gasteiger partial charge >= 0.3 is 24.2 Å². The molecule has 2 aliphatic rings. The molecule has 0 atom stereocenters. The third-order valence-corrected chi connectivity index (χ3v) is 4.92. The van der Waals surface area contributed by atoms with Crippen LogP contribution >= 0.6 is 0 Å². The van der Waals surface area contributed by atoms with E-state index in [1.807, 2.05) is 0 Å². The number of halogens is 10. The molecular formula is C20H14F10O2. The zero-order valence-electron chi connectivity index (χ0n) is 16.2. The fraction of sp³-hybridized carbons (Fsp3) is 0.450. The van der Waals surface area contributed by atoms with Crippen LogP contribution in [0.25, 0.3) is 0 Å². The second kappa shape index (κ2) is 7.50. The van der Waals surface area contributed by atoms with Crippen molar-refractivity contribution in [1.29, 1.82) is 0 Å². The number of alkyl halides is 10. The highest BCUT2D eigenvalue weighted by Crippen LogP contribution is 2.54. The zero-order chi connectivity index (χ0) is 25.0. The van der Waals surface area contributed by atoms with E-state index in [-0.39, 0.29) is 11.4 Å². The number of fused-ring (bicyclic) bond motifs is 1. The molecule has 0 saturated heterocycles. The lowest BCUT2D eigenvalue weighted by Gasteiger charge is -2.38. The summed E-state index contributed by atoms with van der Waals surface area (Å²) in [7, 11) is 0. The minimum absolute atomic E-state index is 0.229. The molecular weight excluding hydrogens is 462 g/mol. The number of hydrogen-bond acceptors (Lipinski definition) is 2. The lowest BCUT2D eigenvalue weighted by Crippen LogP contribution is -2.69. The Morgan fingerprint density at radius 3 is 1.78 bits per heavy atom. The molecule has 0 bridgehead atoms. The number of allylic oxidation sites excluding steroid dienone is 8. The van der Waals surface area contributed by atoms with Crippen LogP contribution in [0.4, 0.5) is 43.9 Å². The van der Waals surface area contributed by atoms with Crippen LogP contribution in [-0.2, 0) is 4.79 Å². The summed E-state index contributed by atoms with van der Waals surface area (Å²) in [6.07, 6.45) is -7.87. The van der Waals surface area contributed by atoms with Crippen molar-refractivity contribution in [3.05, 3.63) is 47.1 Å². The van der Waals surface area contributed by atoms with Gasteiger partial charge in [0, 0.05) is 17.4 Å². The summed E-state index contributed by atoms with van der Waals surface area (Å²) in [5, 5.41) is 9.42. The summed E-state index contributed by atoms with van der Waals surface area (Å²) in [5.74, 6) is -12.3. The van der Waals surface area contributed by atoms with Gasteiger partial charge in [0.2, 0.25) is 0 Å². The van der Waals surface area contributed by atoms with Crippen LogP contribution in [-0.4, -0.2) is 40.7 Å². The lowest BCUT2D eigenvalue weighted by atomic mass is 9.76. The van der Waals surface area contributed by atoms with E-state index < -0.39 is 41.6 Å². The van der Waals surface area contributed by atoms with E-state index in [4.69, 9.17) is 0 Å². The van der Waals surface area contributed by atoms with Gasteiger partial charge in [-0.05, 0) is 17.2 Å². The van der Waals surface area contributed by atoms with E-state index in [0.29, 0.717) is 17.1 Å².